The van der Waals surface area contributed by atoms with Crippen molar-refractivity contribution in [1.29, 1.82) is 0 Å². The predicted octanol–water partition coefficient (Wildman–Crippen LogP) is 4.59. The van der Waals surface area contributed by atoms with Crippen LogP contribution in [0.5, 0.6) is 11.5 Å². The fourth-order valence-electron chi connectivity index (χ4n) is 4.49. The summed E-state index contributed by atoms with van der Waals surface area (Å²) in [5.41, 5.74) is 0.0781. The van der Waals surface area contributed by atoms with Crippen molar-refractivity contribution in [3.8, 4) is 11.5 Å². The Labute approximate surface area is 217 Å². The van der Waals surface area contributed by atoms with Gasteiger partial charge in [0.1, 0.15) is 0 Å². The first kappa shape index (κ1) is 28.0. The lowest BCUT2D eigenvalue weighted by Gasteiger charge is -2.42. The standard InChI is InChI=1S/C24H28N4O10/c1-6-38-24(30)26-14(2)7-19(18-11-21(35-3)22(36-4)12-20(18)26)25(23(29)37-5)13-15-8-16(27(31)32)10-17(9-15)28(33)34/h8-12,14,19H,6-7,13H2,1-5H3/t14-,19+/m0/s1. The second-order valence-corrected chi connectivity index (χ2v) is 8.41. The first-order valence-corrected chi connectivity index (χ1v) is 11.5. The molecule has 0 spiro atoms. The van der Waals surface area contributed by atoms with Gasteiger partial charge in [0.25, 0.3) is 11.4 Å². The summed E-state index contributed by atoms with van der Waals surface area (Å²) in [4.78, 5) is 50.0. The molecule has 0 aliphatic carbocycles. The van der Waals surface area contributed by atoms with Gasteiger partial charge in [-0.25, -0.2) is 9.59 Å². The third kappa shape index (κ3) is 5.53. The molecule has 2 aromatic rings. The zero-order valence-electron chi connectivity index (χ0n) is 21.5. The van der Waals surface area contributed by atoms with Crippen LogP contribution in [0.25, 0.3) is 0 Å². The first-order valence-electron chi connectivity index (χ1n) is 11.5. The lowest BCUT2D eigenvalue weighted by molar-refractivity contribution is -0.394. The second kappa shape index (κ2) is 11.6. The van der Waals surface area contributed by atoms with Crippen molar-refractivity contribution in [3.05, 3.63) is 61.7 Å². The molecule has 0 saturated heterocycles. The van der Waals surface area contributed by atoms with E-state index in [0.717, 1.165) is 18.2 Å². The number of nitro benzene ring substituents is 2. The molecule has 0 radical (unpaired) electrons. The number of amides is 2. The zero-order chi connectivity index (χ0) is 28.1. The Kier molecular flexibility index (Phi) is 8.55. The Bertz CT molecular complexity index is 1220. The molecule has 204 valence electrons. The molecule has 3 rings (SSSR count). The largest absolute Gasteiger partial charge is 0.493 e. The van der Waals surface area contributed by atoms with Crippen LogP contribution in [-0.2, 0) is 16.0 Å². The lowest BCUT2D eigenvalue weighted by atomic mass is 9.90. The molecule has 2 amide bonds. The van der Waals surface area contributed by atoms with Gasteiger partial charge >= 0.3 is 12.2 Å². The number of ether oxygens (including phenoxy) is 4. The van der Waals surface area contributed by atoms with Gasteiger partial charge in [-0.05, 0) is 31.9 Å². The van der Waals surface area contributed by atoms with Crippen LogP contribution in [0.15, 0.2) is 30.3 Å². The average Bonchev–Trinajstić information content (AvgIpc) is 2.89. The van der Waals surface area contributed by atoms with E-state index < -0.39 is 45.5 Å². The highest BCUT2D eigenvalue weighted by atomic mass is 16.6. The molecule has 2 atom stereocenters. The van der Waals surface area contributed by atoms with Crippen LogP contribution < -0.4 is 14.4 Å². The molecule has 0 unspecified atom stereocenters. The van der Waals surface area contributed by atoms with E-state index in [4.69, 9.17) is 18.9 Å². The summed E-state index contributed by atoms with van der Waals surface area (Å²) in [6, 6.07) is 5.22. The fraction of sp³-hybridized carbons (Fsp3) is 0.417. The maximum absolute atomic E-state index is 13.0. The van der Waals surface area contributed by atoms with Gasteiger partial charge < -0.3 is 18.9 Å². The van der Waals surface area contributed by atoms with E-state index in [0.29, 0.717) is 22.7 Å². The van der Waals surface area contributed by atoms with Crippen LogP contribution >= 0.6 is 0 Å². The minimum atomic E-state index is -0.776. The van der Waals surface area contributed by atoms with Crippen LogP contribution in [0.2, 0.25) is 0 Å². The first-order chi connectivity index (χ1) is 18.1. The molecule has 0 saturated carbocycles. The minimum absolute atomic E-state index is 0.147. The highest BCUT2D eigenvalue weighted by Crippen LogP contribution is 2.46. The molecule has 1 aliphatic rings. The van der Waals surface area contributed by atoms with E-state index in [9.17, 15) is 29.8 Å². The number of fused-ring (bicyclic) bond motifs is 1. The number of methoxy groups -OCH3 is 3. The van der Waals surface area contributed by atoms with E-state index in [1.54, 1.807) is 26.0 Å². The molecule has 0 bridgehead atoms. The topological polar surface area (TPSA) is 164 Å². The Morgan fingerprint density at radius 3 is 2.08 bits per heavy atom. The maximum atomic E-state index is 13.0. The molecule has 14 nitrogen and oxygen atoms in total. The molecule has 0 fully saturated rings. The number of benzene rings is 2. The molecule has 14 heteroatoms. The summed E-state index contributed by atoms with van der Waals surface area (Å²) in [6.45, 7) is 3.35. The van der Waals surface area contributed by atoms with Crippen LogP contribution in [0.4, 0.5) is 26.7 Å². The average molecular weight is 533 g/mol. The predicted molar refractivity (Wildman–Crippen MR) is 134 cm³/mol. The highest BCUT2D eigenvalue weighted by Gasteiger charge is 2.40. The van der Waals surface area contributed by atoms with Gasteiger partial charge in [-0.15, -0.1) is 0 Å². The summed E-state index contributed by atoms with van der Waals surface area (Å²) in [6.07, 6.45) is -1.14. The van der Waals surface area contributed by atoms with E-state index in [1.807, 2.05) is 0 Å². The smallest absolute Gasteiger partial charge is 0.414 e. The normalized spacial score (nSPS) is 16.2. The van der Waals surface area contributed by atoms with Crippen molar-refractivity contribution >= 4 is 29.2 Å². The quantitative estimate of drug-likeness (QED) is 0.347. The molecular formula is C24H28N4O10. The number of nitrogens with zero attached hydrogens (tertiary/aromatic N) is 4. The zero-order valence-corrected chi connectivity index (χ0v) is 21.5. The van der Waals surface area contributed by atoms with Crippen molar-refractivity contribution in [3.63, 3.8) is 0 Å². The molecular weight excluding hydrogens is 504 g/mol. The number of anilines is 1. The Balaban J connectivity index is 2.18. The SMILES string of the molecule is CCOC(=O)N1c2cc(OC)c(OC)cc2[C@H](N(Cc2cc([N+](=O)[O-])cc([N+](=O)[O-])c2)C(=O)OC)C[C@@H]1C. The minimum Gasteiger partial charge on any atom is -0.493 e. The van der Waals surface area contributed by atoms with E-state index >= 15 is 0 Å². The lowest BCUT2D eigenvalue weighted by Crippen LogP contribution is -2.47. The van der Waals surface area contributed by atoms with E-state index in [-0.39, 0.29) is 25.1 Å². The van der Waals surface area contributed by atoms with Crippen molar-refractivity contribution < 1.29 is 38.4 Å². The number of hydrogen-bond acceptors (Lipinski definition) is 10. The van der Waals surface area contributed by atoms with Gasteiger partial charge in [-0.1, -0.05) is 0 Å². The van der Waals surface area contributed by atoms with Crippen molar-refractivity contribution in [1.82, 2.24) is 4.90 Å². The Hall–Kier alpha value is -4.62. The number of carbonyl (C=O) groups excluding carboxylic acids is 2. The highest BCUT2D eigenvalue weighted by molar-refractivity contribution is 5.91. The van der Waals surface area contributed by atoms with Crippen LogP contribution in [-0.4, -0.2) is 60.9 Å². The molecule has 0 aromatic heterocycles. The van der Waals surface area contributed by atoms with Gasteiger partial charge in [0.15, 0.2) is 11.5 Å². The molecule has 1 aliphatic heterocycles. The Morgan fingerprint density at radius 1 is 1.00 bits per heavy atom. The number of hydrogen-bond donors (Lipinski definition) is 0. The molecule has 0 N–H and O–H groups in total. The summed E-state index contributed by atoms with van der Waals surface area (Å²) < 4.78 is 21.1. The number of non-ortho nitro benzene ring substituents is 2. The van der Waals surface area contributed by atoms with Crippen molar-refractivity contribution in [2.24, 2.45) is 0 Å². The maximum Gasteiger partial charge on any atom is 0.414 e. The monoisotopic (exact) mass is 532 g/mol. The van der Waals surface area contributed by atoms with E-state index in [1.165, 1.54) is 31.1 Å². The van der Waals surface area contributed by atoms with Crippen LogP contribution in [0, 0.1) is 20.2 Å². The number of nitro groups is 2. The number of carbonyl (C=O) groups is 2. The van der Waals surface area contributed by atoms with Gasteiger partial charge in [0, 0.05) is 29.8 Å². The van der Waals surface area contributed by atoms with Crippen LogP contribution in [0.1, 0.15) is 37.4 Å². The third-order valence-corrected chi connectivity index (χ3v) is 6.14. The van der Waals surface area contributed by atoms with Gasteiger partial charge in [0.05, 0.1) is 62.1 Å². The van der Waals surface area contributed by atoms with Gasteiger partial charge in [0.2, 0.25) is 0 Å². The molecule has 2 aromatic carbocycles. The van der Waals surface area contributed by atoms with Crippen molar-refractivity contribution in [2.75, 3.05) is 32.8 Å². The summed E-state index contributed by atoms with van der Waals surface area (Å²) in [5, 5.41) is 22.8. The van der Waals surface area contributed by atoms with Gasteiger partial charge in [-0.2, -0.15) is 0 Å². The van der Waals surface area contributed by atoms with Crippen LogP contribution in [0.3, 0.4) is 0 Å². The second-order valence-electron chi connectivity index (χ2n) is 8.41. The summed E-state index contributed by atoms with van der Waals surface area (Å²) >= 11 is 0. The molecule has 1 heterocycles. The number of rotatable bonds is 8. The summed E-state index contributed by atoms with van der Waals surface area (Å²) in [7, 11) is 4.06. The fourth-order valence-corrected chi connectivity index (χ4v) is 4.49. The Morgan fingerprint density at radius 2 is 1.58 bits per heavy atom. The molecule has 38 heavy (non-hydrogen) atoms. The van der Waals surface area contributed by atoms with Crippen molar-refractivity contribution in [2.45, 2.75) is 38.9 Å². The van der Waals surface area contributed by atoms with Gasteiger partial charge in [-0.3, -0.25) is 30.0 Å². The van der Waals surface area contributed by atoms with E-state index in [2.05, 4.69) is 0 Å². The summed E-state index contributed by atoms with van der Waals surface area (Å²) in [5.74, 6) is 0.678. The third-order valence-electron chi connectivity index (χ3n) is 6.14.